The van der Waals surface area contributed by atoms with E-state index in [0.717, 1.165) is 31.0 Å². The minimum Gasteiger partial charge on any atom is -0.496 e. The molecule has 1 aromatic carbocycles. The van der Waals surface area contributed by atoms with Crippen LogP contribution in [0.4, 0.5) is 0 Å². The fourth-order valence-electron chi connectivity index (χ4n) is 2.22. The molecule has 1 aliphatic heterocycles. The Labute approximate surface area is 129 Å². The first kappa shape index (κ1) is 15.8. The maximum Gasteiger partial charge on any atom is 0.229 e. The topological polar surface area (TPSA) is 69.4 Å². The van der Waals surface area contributed by atoms with E-state index in [4.69, 9.17) is 14.0 Å². The maximum atomic E-state index is 5.63. The number of morpholine rings is 1. The lowest BCUT2D eigenvalue weighted by molar-refractivity contribution is 0.0246. The standard InChI is InChI=1S/C14H17N3O3.ClH/c1-18-12-5-3-2-4-11(12)14-16-13(20-17-14)8-10-9-15-6-7-19-10;/h2-5,10,15H,6-9H2,1H3;1H. The van der Waals surface area contributed by atoms with Crippen LogP contribution < -0.4 is 10.1 Å². The number of hydrogen-bond donors (Lipinski definition) is 1. The molecule has 0 spiro atoms. The molecule has 1 atom stereocenters. The Hall–Kier alpha value is -1.63. The van der Waals surface area contributed by atoms with Gasteiger partial charge in [-0.1, -0.05) is 17.3 Å². The molecular formula is C14H18ClN3O3. The zero-order valence-electron chi connectivity index (χ0n) is 11.7. The largest absolute Gasteiger partial charge is 0.496 e. The summed E-state index contributed by atoms with van der Waals surface area (Å²) in [6, 6.07) is 7.61. The van der Waals surface area contributed by atoms with Crippen LogP contribution in [0.25, 0.3) is 11.4 Å². The van der Waals surface area contributed by atoms with Gasteiger partial charge in [-0.15, -0.1) is 12.4 Å². The van der Waals surface area contributed by atoms with E-state index in [2.05, 4.69) is 15.5 Å². The third-order valence-electron chi connectivity index (χ3n) is 3.22. The summed E-state index contributed by atoms with van der Waals surface area (Å²) < 4.78 is 16.2. The van der Waals surface area contributed by atoms with Crippen molar-refractivity contribution in [1.29, 1.82) is 0 Å². The molecular weight excluding hydrogens is 294 g/mol. The molecule has 0 saturated carbocycles. The van der Waals surface area contributed by atoms with E-state index in [-0.39, 0.29) is 18.5 Å². The number of halogens is 1. The van der Waals surface area contributed by atoms with Gasteiger partial charge in [-0.05, 0) is 12.1 Å². The molecule has 3 rings (SSSR count). The SMILES string of the molecule is COc1ccccc1-c1noc(CC2CNCCO2)n1.Cl. The van der Waals surface area contributed by atoms with Gasteiger partial charge < -0.3 is 19.3 Å². The van der Waals surface area contributed by atoms with Gasteiger partial charge >= 0.3 is 0 Å². The lowest BCUT2D eigenvalue weighted by atomic mass is 10.2. The van der Waals surface area contributed by atoms with E-state index in [1.807, 2.05) is 24.3 Å². The summed E-state index contributed by atoms with van der Waals surface area (Å²) >= 11 is 0. The van der Waals surface area contributed by atoms with Gasteiger partial charge in [0.2, 0.25) is 11.7 Å². The number of benzene rings is 1. The molecule has 1 N–H and O–H groups in total. The number of ether oxygens (including phenoxy) is 2. The second-order valence-corrected chi connectivity index (χ2v) is 4.61. The second kappa shape index (κ2) is 7.40. The summed E-state index contributed by atoms with van der Waals surface area (Å²) in [5.41, 5.74) is 0.827. The molecule has 1 aromatic heterocycles. The number of para-hydroxylation sites is 1. The van der Waals surface area contributed by atoms with E-state index in [1.54, 1.807) is 7.11 Å². The Balaban J connectivity index is 0.00000161. The summed E-state index contributed by atoms with van der Waals surface area (Å²) in [7, 11) is 1.63. The van der Waals surface area contributed by atoms with Gasteiger partial charge in [-0.2, -0.15) is 4.98 Å². The first-order valence-corrected chi connectivity index (χ1v) is 6.65. The summed E-state index contributed by atoms with van der Waals surface area (Å²) in [4.78, 5) is 4.42. The Morgan fingerprint density at radius 2 is 2.24 bits per heavy atom. The van der Waals surface area contributed by atoms with Gasteiger partial charge in [-0.25, -0.2) is 0 Å². The fraction of sp³-hybridized carbons (Fsp3) is 0.429. The molecule has 2 aromatic rings. The van der Waals surface area contributed by atoms with Crippen LogP contribution in [0.5, 0.6) is 5.75 Å². The normalized spacial score (nSPS) is 18.0. The lowest BCUT2D eigenvalue weighted by Gasteiger charge is -2.21. The number of hydrogen-bond acceptors (Lipinski definition) is 6. The highest BCUT2D eigenvalue weighted by atomic mass is 35.5. The summed E-state index contributed by atoms with van der Waals surface area (Å²) in [6.07, 6.45) is 0.713. The Bertz CT molecular complexity index is 570. The predicted octanol–water partition coefficient (Wildman–Crippen LogP) is 1.70. The quantitative estimate of drug-likeness (QED) is 0.927. The van der Waals surface area contributed by atoms with E-state index >= 15 is 0 Å². The van der Waals surface area contributed by atoms with Crippen molar-refractivity contribution in [3.05, 3.63) is 30.2 Å². The predicted molar refractivity (Wildman–Crippen MR) is 79.8 cm³/mol. The van der Waals surface area contributed by atoms with Gasteiger partial charge in [0.25, 0.3) is 0 Å². The summed E-state index contributed by atoms with van der Waals surface area (Å²) in [5, 5.41) is 7.30. The Morgan fingerprint density at radius 1 is 1.38 bits per heavy atom. The van der Waals surface area contributed by atoms with Crippen LogP contribution in [0.1, 0.15) is 5.89 Å². The van der Waals surface area contributed by atoms with E-state index in [9.17, 15) is 0 Å². The number of nitrogens with zero attached hydrogens (tertiary/aromatic N) is 2. The lowest BCUT2D eigenvalue weighted by Crippen LogP contribution is -2.39. The van der Waals surface area contributed by atoms with Crippen LogP contribution in [0.3, 0.4) is 0 Å². The zero-order chi connectivity index (χ0) is 13.8. The molecule has 0 bridgehead atoms. The minimum absolute atomic E-state index is 0. The molecule has 1 aliphatic rings. The molecule has 1 saturated heterocycles. The highest BCUT2D eigenvalue weighted by molar-refractivity contribution is 5.85. The van der Waals surface area contributed by atoms with Crippen molar-refractivity contribution in [2.24, 2.45) is 0 Å². The van der Waals surface area contributed by atoms with Gasteiger partial charge in [0, 0.05) is 13.1 Å². The molecule has 1 fully saturated rings. The summed E-state index contributed by atoms with van der Waals surface area (Å²) in [5.74, 6) is 1.86. The zero-order valence-corrected chi connectivity index (χ0v) is 12.6. The monoisotopic (exact) mass is 311 g/mol. The van der Waals surface area contributed by atoms with Crippen LogP contribution >= 0.6 is 12.4 Å². The maximum absolute atomic E-state index is 5.63. The molecule has 21 heavy (non-hydrogen) atoms. The highest BCUT2D eigenvalue weighted by Crippen LogP contribution is 2.27. The van der Waals surface area contributed by atoms with E-state index in [1.165, 1.54) is 0 Å². The van der Waals surface area contributed by atoms with Crippen molar-refractivity contribution >= 4 is 12.4 Å². The molecule has 114 valence electrons. The van der Waals surface area contributed by atoms with E-state index < -0.39 is 0 Å². The molecule has 2 heterocycles. The van der Waals surface area contributed by atoms with Gasteiger partial charge in [0.15, 0.2) is 0 Å². The van der Waals surface area contributed by atoms with Crippen LogP contribution in [0.15, 0.2) is 28.8 Å². The van der Waals surface area contributed by atoms with Crippen LogP contribution in [-0.2, 0) is 11.2 Å². The Kier molecular flexibility index (Phi) is 5.55. The van der Waals surface area contributed by atoms with Gasteiger partial charge in [0.05, 0.1) is 31.8 Å². The number of aromatic nitrogens is 2. The summed E-state index contributed by atoms with van der Waals surface area (Å²) in [6.45, 7) is 2.43. The highest BCUT2D eigenvalue weighted by Gasteiger charge is 2.19. The number of rotatable bonds is 4. The average molecular weight is 312 g/mol. The van der Waals surface area contributed by atoms with Crippen LogP contribution in [0, 0.1) is 0 Å². The van der Waals surface area contributed by atoms with E-state index in [0.29, 0.717) is 18.1 Å². The van der Waals surface area contributed by atoms with Gasteiger partial charge in [-0.3, -0.25) is 0 Å². The fourth-order valence-corrected chi connectivity index (χ4v) is 2.22. The molecule has 6 nitrogen and oxygen atoms in total. The molecule has 1 unspecified atom stereocenters. The van der Waals surface area contributed by atoms with Crippen molar-refractivity contribution in [2.75, 3.05) is 26.8 Å². The first-order chi connectivity index (χ1) is 9.86. The molecule has 0 aliphatic carbocycles. The van der Waals surface area contributed by atoms with Crippen molar-refractivity contribution in [3.63, 3.8) is 0 Å². The minimum atomic E-state index is 0. The van der Waals surface area contributed by atoms with Crippen molar-refractivity contribution in [3.8, 4) is 17.1 Å². The third-order valence-corrected chi connectivity index (χ3v) is 3.22. The second-order valence-electron chi connectivity index (χ2n) is 4.61. The van der Waals surface area contributed by atoms with Crippen LogP contribution in [0.2, 0.25) is 0 Å². The van der Waals surface area contributed by atoms with Crippen LogP contribution in [-0.4, -0.2) is 43.1 Å². The third kappa shape index (κ3) is 3.72. The first-order valence-electron chi connectivity index (χ1n) is 6.65. The smallest absolute Gasteiger partial charge is 0.229 e. The molecule has 0 radical (unpaired) electrons. The van der Waals surface area contributed by atoms with Crippen molar-refractivity contribution in [2.45, 2.75) is 12.5 Å². The van der Waals surface area contributed by atoms with Crippen molar-refractivity contribution < 1.29 is 14.0 Å². The average Bonchev–Trinajstić information content (AvgIpc) is 2.96. The number of nitrogens with one attached hydrogen (secondary N) is 1. The molecule has 0 amide bonds. The molecule has 7 heteroatoms. The Morgan fingerprint density at radius 3 is 3.00 bits per heavy atom. The number of methoxy groups -OCH3 is 1. The van der Waals surface area contributed by atoms with Crippen molar-refractivity contribution in [1.82, 2.24) is 15.5 Å². The van der Waals surface area contributed by atoms with Gasteiger partial charge in [0.1, 0.15) is 5.75 Å².